The van der Waals surface area contributed by atoms with Crippen LogP contribution in [0.2, 0.25) is 0 Å². The Morgan fingerprint density at radius 3 is 2.72 bits per heavy atom. The summed E-state index contributed by atoms with van der Waals surface area (Å²) in [5.74, 6) is 0.696. The van der Waals surface area contributed by atoms with Crippen molar-refractivity contribution in [1.29, 1.82) is 0 Å². The zero-order valence-electron chi connectivity index (χ0n) is 14.2. The topological polar surface area (TPSA) is 65.1 Å². The molecule has 1 heterocycles. The van der Waals surface area contributed by atoms with E-state index in [-0.39, 0.29) is 24.8 Å². The molecule has 25 heavy (non-hydrogen) atoms. The number of hydrogen-bond acceptors (Lipinski definition) is 7. The van der Waals surface area contributed by atoms with E-state index in [4.69, 9.17) is 26.4 Å². The summed E-state index contributed by atoms with van der Waals surface area (Å²) in [7, 11) is 3.13. The molecule has 1 aromatic rings. The van der Waals surface area contributed by atoms with Crippen molar-refractivity contribution in [3.05, 3.63) is 28.7 Å². The zero-order chi connectivity index (χ0) is 18.4. The molecule has 0 aliphatic carbocycles. The highest BCUT2D eigenvalue weighted by molar-refractivity contribution is 8.26. The quantitative estimate of drug-likeness (QED) is 0.409. The molecule has 2 rings (SSSR count). The monoisotopic (exact) mass is 381 g/mol. The second-order valence-electron chi connectivity index (χ2n) is 5.00. The number of ether oxygens (including phenoxy) is 3. The van der Waals surface area contributed by atoms with Gasteiger partial charge in [0, 0.05) is 12.1 Å². The molecule has 1 amide bonds. The molecule has 1 fully saturated rings. The van der Waals surface area contributed by atoms with Crippen molar-refractivity contribution in [2.45, 2.75) is 13.3 Å². The molecule has 0 spiro atoms. The van der Waals surface area contributed by atoms with Crippen LogP contribution in [0, 0.1) is 0 Å². The minimum atomic E-state index is -0.352. The van der Waals surface area contributed by atoms with E-state index in [1.54, 1.807) is 45.4 Å². The number of hydrogen-bond donors (Lipinski definition) is 0. The Morgan fingerprint density at radius 1 is 1.32 bits per heavy atom. The molecule has 0 aromatic heterocycles. The largest absolute Gasteiger partial charge is 0.497 e. The summed E-state index contributed by atoms with van der Waals surface area (Å²) >= 11 is 6.45. The van der Waals surface area contributed by atoms with Crippen LogP contribution in [0.5, 0.6) is 11.5 Å². The third kappa shape index (κ3) is 4.73. The van der Waals surface area contributed by atoms with Gasteiger partial charge in [0.05, 0.1) is 32.2 Å². The summed E-state index contributed by atoms with van der Waals surface area (Å²) < 4.78 is 15.8. The summed E-state index contributed by atoms with van der Waals surface area (Å²) in [6.07, 6.45) is 1.82. The van der Waals surface area contributed by atoms with Crippen LogP contribution in [0.4, 0.5) is 0 Å². The molecule has 0 atom stereocenters. The van der Waals surface area contributed by atoms with E-state index < -0.39 is 0 Å². The summed E-state index contributed by atoms with van der Waals surface area (Å²) in [5.41, 5.74) is 0.716. The first-order valence-corrected chi connectivity index (χ1v) is 8.85. The molecule has 8 heteroatoms. The third-order valence-corrected chi connectivity index (χ3v) is 4.82. The molecule has 0 N–H and O–H groups in total. The van der Waals surface area contributed by atoms with Gasteiger partial charge in [-0.2, -0.15) is 0 Å². The maximum atomic E-state index is 12.6. The highest BCUT2D eigenvalue weighted by Gasteiger charge is 2.32. The number of carbonyl (C=O) groups excluding carboxylic acids is 2. The standard InChI is InChI=1S/C17H19NO5S2/c1-4-23-15(19)7-8-18-16(20)14(25-17(18)24)10-11-9-12(21-2)5-6-13(11)22-3/h5-6,9-10H,4,7-8H2,1-3H3/b14-10-. The molecule has 0 unspecified atom stereocenters. The summed E-state index contributed by atoms with van der Waals surface area (Å²) in [4.78, 5) is 25.9. The van der Waals surface area contributed by atoms with Gasteiger partial charge >= 0.3 is 5.97 Å². The van der Waals surface area contributed by atoms with Crippen LogP contribution in [0.15, 0.2) is 23.1 Å². The van der Waals surface area contributed by atoms with E-state index in [1.165, 1.54) is 16.7 Å². The number of nitrogens with zero attached hydrogens (tertiary/aromatic N) is 1. The predicted octanol–water partition coefficient (Wildman–Crippen LogP) is 2.86. The molecule has 0 bridgehead atoms. The maximum Gasteiger partial charge on any atom is 0.307 e. The Labute approximate surface area is 156 Å². The molecule has 0 saturated carbocycles. The van der Waals surface area contributed by atoms with Crippen LogP contribution < -0.4 is 9.47 Å². The highest BCUT2D eigenvalue weighted by atomic mass is 32.2. The third-order valence-electron chi connectivity index (χ3n) is 3.44. The zero-order valence-corrected chi connectivity index (χ0v) is 15.9. The number of thiocarbonyl (C=S) groups is 1. The van der Waals surface area contributed by atoms with Gasteiger partial charge < -0.3 is 14.2 Å². The van der Waals surface area contributed by atoms with Crippen LogP contribution in [0.25, 0.3) is 6.08 Å². The van der Waals surface area contributed by atoms with Crippen molar-refractivity contribution >= 4 is 46.3 Å². The average molecular weight is 381 g/mol. The van der Waals surface area contributed by atoms with Gasteiger partial charge in [0.15, 0.2) is 0 Å². The van der Waals surface area contributed by atoms with Gasteiger partial charge in [0.2, 0.25) is 0 Å². The predicted molar refractivity (Wildman–Crippen MR) is 101 cm³/mol. The Hall–Kier alpha value is -2.06. The van der Waals surface area contributed by atoms with Gasteiger partial charge in [-0.1, -0.05) is 24.0 Å². The first-order chi connectivity index (χ1) is 12.0. The van der Waals surface area contributed by atoms with E-state index in [0.29, 0.717) is 32.9 Å². The first-order valence-electron chi connectivity index (χ1n) is 7.63. The average Bonchev–Trinajstić information content (AvgIpc) is 2.86. The number of carbonyl (C=O) groups is 2. The fraction of sp³-hybridized carbons (Fsp3) is 0.353. The lowest BCUT2D eigenvalue weighted by Crippen LogP contribution is -2.30. The number of rotatable bonds is 7. The van der Waals surface area contributed by atoms with Gasteiger partial charge in [0.1, 0.15) is 15.8 Å². The minimum Gasteiger partial charge on any atom is -0.497 e. The van der Waals surface area contributed by atoms with Gasteiger partial charge in [-0.05, 0) is 31.2 Å². The maximum absolute atomic E-state index is 12.6. The van der Waals surface area contributed by atoms with Gasteiger partial charge in [-0.25, -0.2) is 0 Å². The fourth-order valence-electron chi connectivity index (χ4n) is 2.22. The molecule has 1 saturated heterocycles. The molecular weight excluding hydrogens is 362 g/mol. The number of amides is 1. The first kappa shape index (κ1) is 19.3. The molecular formula is C17H19NO5S2. The number of benzene rings is 1. The van der Waals surface area contributed by atoms with Crippen LogP contribution in [-0.2, 0) is 14.3 Å². The summed E-state index contributed by atoms with van der Waals surface area (Å²) in [6.45, 7) is 2.25. The smallest absolute Gasteiger partial charge is 0.307 e. The normalized spacial score (nSPS) is 15.6. The van der Waals surface area contributed by atoms with Crippen molar-refractivity contribution in [2.24, 2.45) is 0 Å². The van der Waals surface area contributed by atoms with Crippen molar-refractivity contribution in [3.8, 4) is 11.5 Å². The Morgan fingerprint density at radius 2 is 2.08 bits per heavy atom. The van der Waals surface area contributed by atoms with Crippen LogP contribution in [0.1, 0.15) is 18.9 Å². The van der Waals surface area contributed by atoms with Crippen LogP contribution >= 0.6 is 24.0 Å². The number of thioether (sulfide) groups is 1. The van der Waals surface area contributed by atoms with E-state index >= 15 is 0 Å². The van der Waals surface area contributed by atoms with Gasteiger partial charge in [-0.3, -0.25) is 14.5 Å². The molecule has 0 radical (unpaired) electrons. The van der Waals surface area contributed by atoms with Crippen molar-refractivity contribution in [1.82, 2.24) is 4.90 Å². The van der Waals surface area contributed by atoms with E-state index in [2.05, 4.69) is 0 Å². The lowest BCUT2D eigenvalue weighted by molar-refractivity contribution is -0.143. The van der Waals surface area contributed by atoms with Crippen molar-refractivity contribution < 1.29 is 23.8 Å². The van der Waals surface area contributed by atoms with E-state index in [1.807, 2.05) is 0 Å². The number of esters is 1. The SMILES string of the molecule is CCOC(=O)CCN1C(=O)/C(=C/c2cc(OC)ccc2OC)SC1=S. The Kier molecular flexibility index (Phi) is 6.83. The Balaban J connectivity index is 2.18. The highest BCUT2D eigenvalue weighted by Crippen LogP contribution is 2.35. The summed E-state index contributed by atoms with van der Waals surface area (Å²) in [5, 5.41) is 0. The molecule has 134 valence electrons. The number of methoxy groups -OCH3 is 2. The lowest BCUT2D eigenvalue weighted by Gasteiger charge is -2.13. The molecule has 1 aliphatic rings. The van der Waals surface area contributed by atoms with E-state index in [0.717, 1.165) is 0 Å². The van der Waals surface area contributed by atoms with Gasteiger partial charge in [-0.15, -0.1) is 0 Å². The van der Waals surface area contributed by atoms with E-state index in [9.17, 15) is 9.59 Å². The second kappa shape index (κ2) is 8.87. The Bertz CT molecular complexity index is 717. The molecule has 1 aliphatic heterocycles. The summed E-state index contributed by atoms with van der Waals surface area (Å²) in [6, 6.07) is 5.33. The van der Waals surface area contributed by atoms with Gasteiger partial charge in [0.25, 0.3) is 5.91 Å². The van der Waals surface area contributed by atoms with Crippen molar-refractivity contribution in [2.75, 3.05) is 27.4 Å². The van der Waals surface area contributed by atoms with Crippen molar-refractivity contribution in [3.63, 3.8) is 0 Å². The van der Waals surface area contributed by atoms with Crippen LogP contribution in [0.3, 0.4) is 0 Å². The lowest BCUT2D eigenvalue weighted by atomic mass is 10.1. The minimum absolute atomic E-state index is 0.107. The van der Waals surface area contributed by atoms with Crippen LogP contribution in [-0.4, -0.2) is 48.5 Å². The second-order valence-corrected chi connectivity index (χ2v) is 6.67. The molecule has 1 aromatic carbocycles. The molecule has 6 nitrogen and oxygen atoms in total. The fourth-order valence-corrected chi connectivity index (χ4v) is 3.52.